The molecule has 2 aliphatic rings. The maximum absolute atomic E-state index is 5.80. The molecule has 12 heavy (non-hydrogen) atoms. The van der Waals surface area contributed by atoms with Crippen LogP contribution in [0.2, 0.25) is 0 Å². The van der Waals surface area contributed by atoms with E-state index in [2.05, 4.69) is 13.8 Å². The van der Waals surface area contributed by atoms with Crippen LogP contribution < -0.4 is 0 Å². The topological polar surface area (TPSA) is 12.5 Å². The second-order valence-electron chi connectivity index (χ2n) is 4.50. The number of rotatable bonds is 4. The van der Waals surface area contributed by atoms with Gasteiger partial charge in [-0.25, -0.2) is 0 Å². The largest absolute Gasteiger partial charge is 0.366 e. The first-order chi connectivity index (χ1) is 5.79. The number of ether oxygens (including phenoxy) is 1. The van der Waals surface area contributed by atoms with Crippen molar-refractivity contribution in [1.82, 2.24) is 0 Å². The molecule has 1 aliphatic carbocycles. The molecule has 1 saturated heterocycles. The Morgan fingerprint density at radius 3 is 2.67 bits per heavy atom. The van der Waals surface area contributed by atoms with E-state index in [0.717, 1.165) is 5.92 Å². The zero-order valence-electron chi connectivity index (χ0n) is 8.31. The van der Waals surface area contributed by atoms with Crippen molar-refractivity contribution in [1.29, 1.82) is 0 Å². The van der Waals surface area contributed by atoms with E-state index in [1.54, 1.807) is 0 Å². The Morgan fingerprint density at radius 1 is 1.33 bits per heavy atom. The fraction of sp³-hybridized carbons (Fsp3) is 1.00. The first-order valence-electron chi connectivity index (χ1n) is 5.47. The summed E-state index contributed by atoms with van der Waals surface area (Å²) in [5.41, 5.74) is 0.370. The molecular weight excluding hydrogens is 148 g/mol. The molecule has 0 spiro atoms. The summed E-state index contributed by atoms with van der Waals surface area (Å²) in [5.74, 6) is 0.833. The molecular formula is C11H20O. The van der Waals surface area contributed by atoms with E-state index in [9.17, 15) is 0 Å². The van der Waals surface area contributed by atoms with Crippen LogP contribution in [0.5, 0.6) is 0 Å². The Morgan fingerprint density at radius 2 is 2.17 bits per heavy atom. The maximum Gasteiger partial charge on any atom is 0.0973 e. The predicted octanol–water partition coefficient (Wildman–Crippen LogP) is 3.13. The lowest BCUT2D eigenvalue weighted by Gasteiger charge is -2.15. The minimum absolute atomic E-state index is 0.370. The fourth-order valence-corrected chi connectivity index (χ4v) is 2.73. The van der Waals surface area contributed by atoms with Crippen molar-refractivity contribution in [3.05, 3.63) is 0 Å². The van der Waals surface area contributed by atoms with Gasteiger partial charge in [0.1, 0.15) is 0 Å². The van der Waals surface area contributed by atoms with Crippen LogP contribution in [0.25, 0.3) is 0 Å². The van der Waals surface area contributed by atoms with Gasteiger partial charge in [0.15, 0.2) is 0 Å². The van der Waals surface area contributed by atoms with Gasteiger partial charge in [0.25, 0.3) is 0 Å². The number of hydrogen-bond donors (Lipinski definition) is 0. The highest BCUT2D eigenvalue weighted by molar-refractivity contribution is 5.10. The molecule has 3 atom stereocenters. The van der Waals surface area contributed by atoms with Gasteiger partial charge in [-0.15, -0.1) is 0 Å². The summed E-state index contributed by atoms with van der Waals surface area (Å²) >= 11 is 0. The van der Waals surface area contributed by atoms with E-state index < -0.39 is 0 Å². The highest BCUT2D eigenvalue weighted by atomic mass is 16.6. The molecule has 0 radical (unpaired) electrons. The Labute approximate surface area is 75.5 Å². The molecule has 0 aromatic carbocycles. The van der Waals surface area contributed by atoms with Crippen LogP contribution in [-0.2, 0) is 4.74 Å². The first-order valence-corrected chi connectivity index (χ1v) is 5.47. The SMILES string of the molecule is CCCCC[C@@]12O[C@@H]1CC[C@H]2C. The third kappa shape index (κ3) is 1.19. The Balaban J connectivity index is 1.80. The van der Waals surface area contributed by atoms with Crippen molar-refractivity contribution in [3.63, 3.8) is 0 Å². The lowest BCUT2D eigenvalue weighted by atomic mass is 9.91. The van der Waals surface area contributed by atoms with Crippen LogP contribution in [0.3, 0.4) is 0 Å². The zero-order chi connectivity index (χ0) is 8.60. The van der Waals surface area contributed by atoms with Gasteiger partial charge in [-0.1, -0.05) is 33.1 Å². The number of hydrogen-bond acceptors (Lipinski definition) is 1. The van der Waals surface area contributed by atoms with Crippen molar-refractivity contribution in [2.24, 2.45) is 5.92 Å². The Bertz CT molecular complexity index is 166. The minimum atomic E-state index is 0.370. The van der Waals surface area contributed by atoms with Crippen LogP contribution in [-0.4, -0.2) is 11.7 Å². The lowest BCUT2D eigenvalue weighted by molar-refractivity contribution is 0.184. The van der Waals surface area contributed by atoms with E-state index in [-0.39, 0.29) is 0 Å². The minimum Gasteiger partial charge on any atom is -0.366 e. The molecule has 0 bridgehead atoms. The monoisotopic (exact) mass is 168 g/mol. The summed E-state index contributed by atoms with van der Waals surface area (Å²) in [4.78, 5) is 0. The van der Waals surface area contributed by atoms with Gasteiger partial charge in [-0.3, -0.25) is 0 Å². The van der Waals surface area contributed by atoms with Gasteiger partial charge in [-0.05, 0) is 25.2 Å². The molecule has 1 heteroatoms. The maximum atomic E-state index is 5.80. The van der Waals surface area contributed by atoms with Gasteiger partial charge < -0.3 is 4.74 Å². The first kappa shape index (κ1) is 8.55. The Hall–Kier alpha value is -0.0400. The fourth-order valence-electron chi connectivity index (χ4n) is 2.73. The lowest BCUT2D eigenvalue weighted by Crippen LogP contribution is -2.18. The Kier molecular flexibility index (Phi) is 2.16. The van der Waals surface area contributed by atoms with Crippen LogP contribution in [0, 0.1) is 5.92 Å². The molecule has 2 rings (SSSR count). The van der Waals surface area contributed by atoms with Gasteiger partial charge in [0, 0.05) is 0 Å². The second kappa shape index (κ2) is 3.02. The van der Waals surface area contributed by atoms with E-state index in [1.165, 1.54) is 38.5 Å². The summed E-state index contributed by atoms with van der Waals surface area (Å²) in [6.07, 6.45) is 8.79. The molecule has 2 fully saturated rings. The van der Waals surface area contributed by atoms with Crippen LogP contribution in [0.15, 0.2) is 0 Å². The molecule has 0 amide bonds. The van der Waals surface area contributed by atoms with E-state index in [0.29, 0.717) is 11.7 Å². The predicted molar refractivity (Wildman–Crippen MR) is 50.1 cm³/mol. The second-order valence-corrected chi connectivity index (χ2v) is 4.50. The molecule has 70 valence electrons. The number of epoxide rings is 1. The average Bonchev–Trinajstić information content (AvgIpc) is 2.70. The molecule has 1 saturated carbocycles. The van der Waals surface area contributed by atoms with Crippen LogP contribution >= 0.6 is 0 Å². The summed E-state index contributed by atoms with van der Waals surface area (Å²) < 4.78 is 5.80. The van der Waals surface area contributed by atoms with Crippen molar-refractivity contribution in [3.8, 4) is 0 Å². The highest BCUT2D eigenvalue weighted by Gasteiger charge is 2.62. The highest BCUT2D eigenvalue weighted by Crippen LogP contribution is 2.56. The average molecular weight is 168 g/mol. The summed E-state index contributed by atoms with van der Waals surface area (Å²) in [7, 11) is 0. The zero-order valence-corrected chi connectivity index (χ0v) is 8.31. The molecule has 1 aliphatic heterocycles. The molecule has 0 aromatic rings. The molecule has 0 N–H and O–H groups in total. The van der Waals surface area contributed by atoms with Gasteiger partial charge in [0.2, 0.25) is 0 Å². The van der Waals surface area contributed by atoms with Crippen molar-refractivity contribution in [2.45, 2.75) is 64.1 Å². The summed E-state index contributed by atoms with van der Waals surface area (Å²) in [5, 5.41) is 0. The van der Waals surface area contributed by atoms with Crippen molar-refractivity contribution in [2.75, 3.05) is 0 Å². The number of unbranched alkanes of at least 4 members (excludes halogenated alkanes) is 2. The van der Waals surface area contributed by atoms with E-state index in [1.807, 2.05) is 0 Å². The van der Waals surface area contributed by atoms with Crippen LogP contribution in [0.1, 0.15) is 52.4 Å². The normalized spacial score (nSPS) is 44.5. The summed E-state index contributed by atoms with van der Waals surface area (Å²) in [6, 6.07) is 0. The van der Waals surface area contributed by atoms with Crippen molar-refractivity contribution < 1.29 is 4.74 Å². The quantitative estimate of drug-likeness (QED) is 0.464. The van der Waals surface area contributed by atoms with E-state index >= 15 is 0 Å². The van der Waals surface area contributed by atoms with Gasteiger partial charge in [-0.2, -0.15) is 0 Å². The van der Waals surface area contributed by atoms with E-state index in [4.69, 9.17) is 4.74 Å². The smallest absolute Gasteiger partial charge is 0.0973 e. The molecule has 1 nitrogen and oxygen atoms in total. The third-order valence-electron chi connectivity index (χ3n) is 3.72. The summed E-state index contributed by atoms with van der Waals surface area (Å²) in [6.45, 7) is 4.62. The van der Waals surface area contributed by atoms with Gasteiger partial charge >= 0.3 is 0 Å². The standard InChI is InChI=1S/C11H20O/c1-3-4-5-8-11-9(2)6-7-10(11)12-11/h9-10H,3-8H2,1-2H3/t9-,10-,11+/m1/s1. The third-order valence-corrected chi connectivity index (χ3v) is 3.72. The molecule has 0 aromatic heterocycles. The molecule has 1 heterocycles. The number of fused-ring (bicyclic) bond motifs is 1. The van der Waals surface area contributed by atoms with Gasteiger partial charge in [0.05, 0.1) is 11.7 Å². The van der Waals surface area contributed by atoms with Crippen molar-refractivity contribution >= 4 is 0 Å². The molecule has 0 unspecified atom stereocenters. The van der Waals surface area contributed by atoms with Crippen LogP contribution in [0.4, 0.5) is 0 Å².